The van der Waals surface area contributed by atoms with Gasteiger partial charge in [0.15, 0.2) is 0 Å². The average molecular weight is 599 g/mol. The Morgan fingerprint density at radius 2 is 1.67 bits per heavy atom. The summed E-state index contributed by atoms with van der Waals surface area (Å²) in [6.45, 7) is 3.78. The molecule has 12 heteroatoms. The molecule has 2 N–H and O–H groups in total. The number of likely N-dealkylation sites (tertiary alicyclic amines) is 1. The first kappa shape index (κ1) is 29.6. The number of amides is 1. The number of nitrogens with zero attached hydrogens (tertiary/aromatic N) is 2. The number of carboxylic acid groups (broad SMARTS) is 1. The monoisotopic (exact) mass is 597 g/mol. The van der Waals surface area contributed by atoms with Gasteiger partial charge in [-0.3, -0.25) is 9.69 Å². The molecule has 0 saturated carbocycles. The van der Waals surface area contributed by atoms with Crippen molar-refractivity contribution < 1.29 is 27.9 Å². The molecule has 9 nitrogen and oxygen atoms in total. The van der Waals surface area contributed by atoms with E-state index in [2.05, 4.69) is 10.2 Å². The lowest BCUT2D eigenvalue weighted by Crippen LogP contribution is -2.51. The van der Waals surface area contributed by atoms with Gasteiger partial charge in [-0.25, -0.2) is 13.2 Å². The summed E-state index contributed by atoms with van der Waals surface area (Å²) >= 11 is 12.0. The summed E-state index contributed by atoms with van der Waals surface area (Å²) in [6, 6.07) is 8.82. The fraction of sp³-hybridized carbons (Fsp3) is 0.481. The third kappa shape index (κ3) is 7.85. The predicted octanol–water partition coefficient (Wildman–Crippen LogP) is 3.82. The van der Waals surface area contributed by atoms with Crippen LogP contribution in [0.4, 0.5) is 0 Å². The van der Waals surface area contributed by atoms with Crippen molar-refractivity contribution >= 4 is 45.1 Å². The van der Waals surface area contributed by atoms with Crippen LogP contribution in [-0.4, -0.2) is 79.5 Å². The molecule has 2 atom stereocenters. The van der Waals surface area contributed by atoms with Gasteiger partial charge in [0, 0.05) is 29.6 Å². The van der Waals surface area contributed by atoms with Crippen molar-refractivity contribution in [3.8, 4) is 5.75 Å². The number of hydrogen-bond acceptors (Lipinski definition) is 6. The van der Waals surface area contributed by atoms with E-state index in [1.54, 1.807) is 24.3 Å². The lowest BCUT2D eigenvalue weighted by molar-refractivity contribution is -0.142. The average Bonchev–Trinajstić information content (AvgIpc) is 3.41. The molecule has 212 valence electrons. The van der Waals surface area contributed by atoms with E-state index in [-0.39, 0.29) is 34.3 Å². The SMILES string of the molecule is O=C(O)[C@H](Cc1ccc(OCCN2CCCCC2)cc1)NC(=O)[C@@H]1CCCN1S(=O)(=O)c1cc(Cl)cc(Cl)c1. The van der Waals surface area contributed by atoms with Gasteiger partial charge in [0.25, 0.3) is 0 Å². The number of hydrogen-bond donors (Lipinski definition) is 2. The molecule has 2 aliphatic heterocycles. The lowest BCUT2D eigenvalue weighted by atomic mass is 10.1. The molecule has 0 radical (unpaired) electrons. The van der Waals surface area contributed by atoms with E-state index in [1.165, 1.54) is 37.5 Å². The Balaban J connectivity index is 1.36. The lowest BCUT2D eigenvalue weighted by Gasteiger charge is -2.26. The van der Waals surface area contributed by atoms with Crippen LogP contribution in [-0.2, 0) is 26.0 Å². The highest BCUT2D eigenvalue weighted by Crippen LogP contribution is 2.30. The number of benzene rings is 2. The third-order valence-electron chi connectivity index (χ3n) is 7.05. The van der Waals surface area contributed by atoms with Gasteiger partial charge in [0.05, 0.1) is 4.90 Å². The zero-order valence-electron chi connectivity index (χ0n) is 21.5. The van der Waals surface area contributed by atoms with E-state index < -0.39 is 34.0 Å². The van der Waals surface area contributed by atoms with Crippen LogP contribution in [0.1, 0.15) is 37.7 Å². The maximum Gasteiger partial charge on any atom is 0.326 e. The van der Waals surface area contributed by atoms with Crippen LogP contribution in [0.3, 0.4) is 0 Å². The van der Waals surface area contributed by atoms with Gasteiger partial charge in [-0.05, 0) is 74.7 Å². The van der Waals surface area contributed by atoms with E-state index in [9.17, 15) is 23.1 Å². The first-order chi connectivity index (χ1) is 18.6. The Kier molecular flexibility index (Phi) is 10.1. The molecular weight excluding hydrogens is 565 g/mol. The molecule has 2 aliphatic rings. The molecule has 0 unspecified atom stereocenters. The third-order valence-corrected chi connectivity index (χ3v) is 9.37. The van der Waals surface area contributed by atoms with E-state index in [0.29, 0.717) is 24.3 Å². The summed E-state index contributed by atoms with van der Waals surface area (Å²) in [5, 5.41) is 12.6. The molecule has 4 rings (SSSR count). The minimum Gasteiger partial charge on any atom is -0.492 e. The maximum atomic E-state index is 13.3. The van der Waals surface area contributed by atoms with Crippen LogP contribution in [0.25, 0.3) is 0 Å². The molecule has 0 aromatic heterocycles. The van der Waals surface area contributed by atoms with E-state index >= 15 is 0 Å². The molecule has 0 aliphatic carbocycles. The highest BCUT2D eigenvalue weighted by Gasteiger charge is 2.40. The molecule has 2 saturated heterocycles. The Hall–Kier alpha value is -2.37. The van der Waals surface area contributed by atoms with Crippen molar-refractivity contribution in [1.82, 2.24) is 14.5 Å². The van der Waals surface area contributed by atoms with Crippen molar-refractivity contribution in [2.45, 2.75) is 55.5 Å². The van der Waals surface area contributed by atoms with Crippen LogP contribution in [0, 0.1) is 0 Å². The van der Waals surface area contributed by atoms with Gasteiger partial charge in [0.1, 0.15) is 24.4 Å². The molecule has 2 heterocycles. The highest BCUT2D eigenvalue weighted by atomic mass is 35.5. The highest BCUT2D eigenvalue weighted by molar-refractivity contribution is 7.89. The number of rotatable bonds is 11. The van der Waals surface area contributed by atoms with Gasteiger partial charge in [0.2, 0.25) is 15.9 Å². The zero-order chi connectivity index (χ0) is 28.0. The second kappa shape index (κ2) is 13.3. The van der Waals surface area contributed by atoms with Crippen LogP contribution in [0.15, 0.2) is 47.4 Å². The molecular formula is C27H33Cl2N3O6S. The smallest absolute Gasteiger partial charge is 0.326 e. The van der Waals surface area contributed by atoms with Crippen molar-refractivity contribution in [2.75, 3.05) is 32.8 Å². The number of piperidine rings is 1. The van der Waals surface area contributed by atoms with Gasteiger partial charge < -0.3 is 15.2 Å². The van der Waals surface area contributed by atoms with Crippen LogP contribution < -0.4 is 10.1 Å². The fourth-order valence-electron chi connectivity index (χ4n) is 5.00. The van der Waals surface area contributed by atoms with Gasteiger partial charge >= 0.3 is 5.97 Å². The first-order valence-corrected chi connectivity index (χ1v) is 15.3. The zero-order valence-corrected chi connectivity index (χ0v) is 23.8. The first-order valence-electron chi connectivity index (χ1n) is 13.1. The minimum atomic E-state index is -4.07. The summed E-state index contributed by atoms with van der Waals surface area (Å²) in [6.07, 6.45) is 4.51. The fourth-order valence-corrected chi connectivity index (χ4v) is 7.39. The van der Waals surface area contributed by atoms with Crippen LogP contribution in [0.2, 0.25) is 10.0 Å². The van der Waals surface area contributed by atoms with Crippen molar-refractivity contribution in [2.24, 2.45) is 0 Å². The number of halogens is 2. The molecule has 1 amide bonds. The van der Waals surface area contributed by atoms with Gasteiger partial charge in [-0.1, -0.05) is 41.8 Å². The normalized spacial score (nSPS) is 19.5. The molecule has 2 aromatic rings. The number of carbonyl (C=O) groups is 2. The topological polar surface area (TPSA) is 116 Å². The second-order valence-corrected chi connectivity index (χ2v) is 12.6. The molecule has 2 aromatic carbocycles. The minimum absolute atomic E-state index is 0.0402. The number of nitrogens with one attached hydrogen (secondary N) is 1. The second-order valence-electron chi connectivity index (χ2n) is 9.88. The van der Waals surface area contributed by atoms with Gasteiger partial charge in [-0.2, -0.15) is 4.31 Å². The Labute approximate surface area is 239 Å². The Bertz CT molecular complexity index is 1250. The van der Waals surface area contributed by atoms with Crippen molar-refractivity contribution in [3.05, 3.63) is 58.1 Å². The standard InChI is InChI=1S/C27H33Cl2N3O6S/c28-20-16-21(29)18-23(17-20)39(36,37)32-12-4-5-25(32)26(33)30-24(27(34)35)15-19-6-8-22(9-7-19)38-14-13-31-10-2-1-3-11-31/h6-9,16-18,24-25H,1-5,10-15H2,(H,30,33)(H,34,35)/t24-,25-/m0/s1. The Morgan fingerprint density at radius 3 is 2.31 bits per heavy atom. The Morgan fingerprint density at radius 1 is 1.00 bits per heavy atom. The van der Waals surface area contributed by atoms with Gasteiger partial charge in [-0.15, -0.1) is 0 Å². The molecule has 2 fully saturated rings. The largest absolute Gasteiger partial charge is 0.492 e. The van der Waals surface area contributed by atoms with Crippen LogP contribution in [0.5, 0.6) is 5.75 Å². The number of carboxylic acids is 1. The quantitative estimate of drug-likeness (QED) is 0.404. The number of sulfonamides is 1. The molecule has 0 bridgehead atoms. The predicted molar refractivity (Wildman–Crippen MR) is 149 cm³/mol. The van der Waals surface area contributed by atoms with E-state index in [4.69, 9.17) is 27.9 Å². The van der Waals surface area contributed by atoms with Crippen LogP contribution >= 0.6 is 23.2 Å². The summed E-state index contributed by atoms with van der Waals surface area (Å²) in [7, 11) is -4.07. The number of carbonyl (C=O) groups excluding carboxylic acids is 1. The number of ether oxygens (including phenoxy) is 1. The maximum absolute atomic E-state index is 13.3. The van der Waals surface area contributed by atoms with E-state index in [1.807, 2.05) is 0 Å². The van der Waals surface area contributed by atoms with Crippen molar-refractivity contribution in [3.63, 3.8) is 0 Å². The van der Waals surface area contributed by atoms with Crippen molar-refractivity contribution in [1.29, 1.82) is 0 Å². The summed E-state index contributed by atoms with van der Waals surface area (Å²) in [4.78, 5) is 27.4. The van der Waals surface area contributed by atoms with E-state index in [0.717, 1.165) is 23.9 Å². The summed E-state index contributed by atoms with van der Waals surface area (Å²) in [5.41, 5.74) is 0.704. The number of aliphatic carboxylic acids is 1. The summed E-state index contributed by atoms with van der Waals surface area (Å²) in [5.74, 6) is -1.17. The molecule has 0 spiro atoms. The summed E-state index contributed by atoms with van der Waals surface area (Å²) < 4.78 is 33.4. The molecule has 39 heavy (non-hydrogen) atoms.